The predicted molar refractivity (Wildman–Crippen MR) is 184 cm³/mol. The lowest BCUT2D eigenvalue weighted by Crippen LogP contribution is -2.35. The Morgan fingerprint density at radius 1 is 0.500 bits per heavy atom. The number of carbonyl (C=O) groups excluding carboxylic acids is 2. The van der Waals surface area contributed by atoms with Crippen LogP contribution in [0.1, 0.15) is 66.5 Å². The topological polar surface area (TPSA) is 195 Å². The average molecular weight is 731 g/mol. The quantitative estimate of drug-likeness (QED) is 0.162. The van der Waals surface area contributed by atoms with E-state index in [4.69, 9.17) is 9.47 Å². The van der Waals surface area contributed by atoms with Crippen molar-refractivity contribution in [2.45, 2.75) is 76.0 Å². The molecule has 0 atom stereocenters. The van der Waals surface area contributed by atoms with Crippen LogP contribution in [0.3, 0.4) is 0 Å². The molecule has 0 aromatic heterocycles. The summed E-state index contributed by atoms with van der Waals surface area (Å²) >= 11 is 0. The molecular weight excluding hydrogens is 689 g/mol. The molecule has 3 rings (SSSR count). The van der Waals surface area contributed by atoms with E-state index >= 15 is 0 Å². The zero-order valence-electron chi connectivity index (χ0n) is 29.1. The maximum absolute atomic E-state index is 13.2. The minimum atomic E-state index is -3.93. The molecule has 0 amide bonds. The summed E-state index contributed by atoms with van der Waals surface area (Å²) in [6, 6.07) is 16.9. The van der Waals surface area contributed by atoms with E-state index < -0.39 is 76.7 Å². The van der Waals surface area contributed by atoms with Crippen LogP contribution in [-0.4, -0.2) is 62.4 Å². The molecule has 0 aliphatic rings. The third kappa shape index (κ3) is 8.96. The maximum Gasteiger partial charge on any atom is 0.321 e. The van der Waals surface area contributed by atoms with Crippen molar-refractivity contribution in [2.75, 3.05) is 11.5 Å². The molecule has 0 spiro atoms. The normalized spacial score (nSPS) is 13.0. The minimum Gasteiger partial charge on any atom is -0.481 e. The molecule has 50 heavy (non-hydrogen) atoms. The van der Waals surface area contributed by atoms with Gasteiger partial charge in [-0.05, 0) is 115 Å². The monoisotopic (exact) mass is 730 g/mol. The molecule has 0 aliphatic heterocycles. The van der Waals surface area contributed by atoms with Crippen LogP contribution in [0.15, 0.2) is 82.6 Å². The van der Waals surface area contributed by atoms with Crippen molar-refractivity contribution in [1.82, 2.24) is 0 Å². The lowest BCUT2D eigenvalue weighted by Gasteiger charge is -2.26. The molecule has 0 unspecified atom stereocenters. The van der Waals surface area contributed by atoms with Gasteiger partial charge >= 0.3 is 23.9 Å². The van der Waals surface area contributed by atoms with Gasteiger partial charge in [-0.25, -0.2) is 16.8 Å². The molecule has 0 saturated carbocycles. The second-order valence-corrected chi connectivity index (χ2v) is 18.4. The number of carboxylic acids is 2. The Labute approximate surface area is 292 Å². The standard InChI is InChI=1S/C36H42O12S2/c1-33(2,29(37)38)21-49(43,44)27-17-13-25(14-18-27)47-31(41)35(5,6)23-9-11-24(12-10-23)36(7,8)32(42)48-26-15-19-28(20-16-26)50(45,46)22-34(3,4)30(39)40/h9-20H,21-22H2,1-8H3,(H,37,38)(H,39,40). The van der Waals surface area contributed by atoms with Crippen LogP contribution in [0.5, 0.6) is 11.5 Å². The Hall–Kier alpha value is -4.56. The van der Waals surface area contributed by atoms with Crippen LogP contribution < -0.4 is 9.47 Å². The van der Waals surface area contributed by atoms with Gasteiger partial charge in [-0.3, -0.25) is 19.2 Å². The van der Waals surface area contributed by atoms with Gasteiger partial charge in [0.1, 0.15) is 11.5 Å². The van der Waals surface area contributed by atoms with Crippen LogP contribution in [0.25, 0.3) is 0 Å². The summed E-state index contributed by atoms with van der Waals surface area (Å²) in [6.45, 7) is 11.8. The molecule has 2 N–H and O–H groups in total. The first-order valence-electron chi connectivity index (χ1n) is 15.4. The van der Waals surface area contributed by atoms with E-state index in [2.05, 4.69) is 0 Å². The molecule has 0 fully saturated rings. The lowest BCUT2D eigenvalue weighted by atomic mass is 9.80. The van der Waals surface area contributed by atoms with E-state index in [9.17, 15) is 46.2 Å². The molecule has 3 aromatic carbocycles. The van der Waals surface area contributed by atoms with Crippen molar-refractivity contribution in [3.8, 4) is 11.5 Å². The van der Waals surface area contributed by atoms with E-state index in [1.54, 1.807) is 52.0 Å². The first-order valence-corrected chi connectivity index (χ1v) is 18.7. The average Bonchev–Trinajstić information content (AvgIpc) is 3.00. The van der Waals surface area contributed by atoms with Gasteiger partial charge in [0.25, 0.3) is 0 Å². The molecule has 0 bridgehead atoms. The summed E-state index contributed by atoms with van der Waals surface area (Å²) in [5.74, 6) is -4.79. The number of carbonyl (C=O) groups is 4. The fraction of sp³-hybridized carbons (Fsp3) is 0.389. The van der Waals surface area contributed by atoms with E-state index in [1.807, 2.05) is 0 Å². The highest BCUT2D eigenvalue weighted by atomic mass is 32.2. The highest BCUT2D eigenvalue weighted by molar-refractivity contribution is 7.91. The number of benzene rings is 3. The zero-order chi connectivity index (χ0) is 38.1. The fourth-order valence-electron chi connectivity index (χ4n) is 4.68. The number of rotatable bonds is 14. The summed E-state index contributed by atoms with van der Waals surface area (Å²) in [6.07, 6.45) is 0. The highest BCUT2D eigenvalue weighted by Crippen LogP contribution is 2.32. The van der Waals surface area contributed by atoms with Gasteiger partial charge in [0.15, 0.2) is 19.7 Å². The van der Waals surface area contributed by atoms with Crippen molar-refractivity contribution in [1.29, 1.82) is 0 Å². The Morgan fingerprint density at radius 3 is 1.00 bits per heavy atom. The Bertz CT molecular complexity index is 1840. The number of hydrogen-bond acceptors (Lipinski definition) is 10. The molecule has 270 valence electrons. The number of sulfone groups is 2. The van der Waals surface area contributed by atoms with Gasteiger partial charge in [-0.15, -0.1) is 0 Å². The van der Waals surface area contributed by atoms with Gasteiger partial charge in [0, 0.05) is 0 Å². The minimum absolute atomic E-state index is 0.0924. The predicted octanol–water partition coefficient (Wildman–Crippen LogP) is 5.22. The molecule has 0 saturated heterocycles. The number of ether oxygens (including phenoxy) is 2. The van der Waals surface area contributed by atoms with Gasteiger partial charge in [0.2, 0.25) is 0 Å². The van der Waals surface area contributed by atoms with Gasteiger partial charge in [-0.2, -0.15) is 0 Å². The SMILES string of the molecule is CC(C)(CS(=O)(=O)c1ccc(OC(=O)C(C)(C)c2ccc(C(C)(C)C(=O)Oc3ccc(S(=O)(=O)CC(C)(C)C(=O)O)cc3)cc2)cc1)C(=O)O. The van der Waals surface area contributed by atoms with Gasteiger partial charge in [0.05, 0.1) is 43.0 Å². The summed E-state index contributed by atoms with van der Waals surface area (Å²) in [4.78, 5) is 49.0. The van der Waals surface area contributed by atoms with Crippen molar-refractivity contribution in [3.05, 3.63) is 83.9 Å². The molecule has 0 radical (unpaired) electrons. The fourth-order valence-corrected chi connectivity index (χ4v) is 8.26. The second kappa shape index (κ2) is 14.0. The summed E-state index contributed by atoms with van der Waals surface area (Å²) in [5.41, 5.74) is -4.20. The van der Waals surface area contributed by atoms with Gasteiger partial charge < -0.3 is 19.7 Å². The first kappa shape index (κ1) is 39.9. The van der Waals surface area contributed by atoms with Crippen molar-refractivity contribution in [3.63, 3.8) is 0 Å². The summed E-state index contributed by atoms with van der Waals surface area (Å²) in [7, 11) is -7.86. The molecule has 0 heterocycles. The molecule has 3 aromatic rings. The number of carboxylic acid groups (broad SMARTS) is 2. The number of aliphatic carboxylic acids is 2. The van der Waals surface area contributed by atoms with Crippen LogP contribution in [0, 0.1) is 10.8 Å². The van der Waals surface area contributed by atoms with E-state index in [0.29, 0.717) is 11.1 Å². The number of esters is 2. The Balaban J connectivity index is 1.70. The van der Waals surface area contributed by atoms with Crippen LogP contribution in [0.4, 0.5) is 0 Å². The van der Waals surface area contributed by atoms with Crippen molar-refractivity contribution in [2.24, 2.45) is 10.8 Å². The smallest absolute Gasteiger partial charge is 0.321 e. The van der Waals surface area contributed by atoms with E-state index in [1.165, 1.54) is 76.2 Å². The first-order chi connectivity index (χ1) is 22.7. The third-order valence-electron chi connectivity index (χ3n) is 8.40. The maximum atomic E-state index is 13.2. The molecular formula is C36H42O12S2. The highest BCUT2D eigenvalue weighted by Gasteiger charge is 2.37. The lowest BCUT2D eigenvalue weighted by molar-refractivity contribution is -0.146. The van der Waals surface area contributed by atoms with E-state index in [0.717, 1.165) is 0 Å². The van der Waals surface area contributed by atoms with Crippen molar-refractivity contribution >= 4 is 43.6 Å². The molecule has 12 nitrogen and oxygen atoms in total. The summed E-state index contributed by atoms with van der Waals surface area (Å²) < 4.78 is 62.0. The van der Waals surface area contributed by atoms with Crippen LogP contribution in [0.2, 0.25) is 0 Å². The molecule has 0 aliphatic carbocycles. The van der Waals surface area contributed by atoms with Crippen LogP contribution in [-0.2, 0) is 49.7 Å². The summed E-state index contributed by atoms with van der Waals surface area (Å²) in [5, 5.41) is 18.6. The zero-order valence-corrected chi connectivity index (χ0v) is 30.8. The number of hydrogen-bond donors (Lipinski definition) is 2. The second-order valence-electron chi connectivity index (χ2n) is 14.4. The molecule has 14 heteroatoms. The van der Waals surface area contributed by atoms with Gasteiger partial charge in [-0.1, -0.05) is 24.3 Å². The Morgan fingerprint density at radius 2 is 0.760 bits per heavy atom. The van der Waals surface area contributed by atoms with E-state index in [-0.39, 0.29) is 21.3 Å². The van der Waals surface area contributed by atoms with Crippen LogP contribution >= 0.6 is 0 Å². The largest absolute Gasteiger partial charge is 0.481 e. The third-order valence-corrected chi connectivity index (χ3v) is 12.6. The Kier molecular flexibility index (Phi) is 11.2. The van der Waals surface area contributed by atoms with Crippen molar-refractivity contribution < 1.29 is 55.7 Å².